The smallest absolute Gasteiger partial charge is 0.196 e. The number of pyridine rings is 1. The number of anilines is 1. The van der Waals surface area contributed by atoms with Crippen molar-refractivity contribution in [1.29, 1.82) is 0 Å². The normalized spacial score (nSPS) is 13.6. The first-order chi connectivity index (χ1) is 10.3. The monoisotopic (exact) mass is 314 g/mol. The Hall–Kier alpha value is -2.40. The summed E-state index contributed by atoms with van der Waals surface area (Å²) in [6.07, 6.45) is 5.62. The van der Waals surface area contributed by atoms with Gasteiger partial charge < -0.3 is 5.32 Å². The summed E-state index contributed by atoms with van der Waals surface area (Å²) in [5.74, 6) is -0.0191. The summed E-state index contributed by atoms with van der Waals surface area (Å²) in [7, 11) is 0. The molecular weight excluding hydrogens is 300 g/mol. The zero-order chi connectivity index (χ0) is 14.2. The molecule has 4 rings (SSSR count). The zero-order valence-electron chi connectivity index (χ0n) is 11.7. The number of fused-ring (bicyclic) bond motifs is 1. The van der Waals surface area contributed by atoms with E-state index < -0.39 is 0 Å². The molecule has 0 spiro atoms. The number of halogens is 1. The summed E-state index contributed by atoms with van der Waals surface area (Å²) in [5.41, 5.74) is 2.80. The van der Waals surface area contributed by atoms with Crippen LogP contribution in [0.1, 0.15) is 28.8 Å². The highest BCUT2D eigenvalue weighted by molar-refractivity contribution is 6.15. The number of ketones is 1. The summed E-state index contributed by atoms with van der Waals surface area (Å²) in [5, 5.41) is 11.2. The van der Waals surface area contributed by atoms with E-state index in [0.717, 1.165) is 23.9 Å². The molecule has 3 aromatic rings. The lowest BCUT2D eigenvalue weighted by molar-refractivity contribution is 0.103. The number of H-pyrrole nitrogens is 1. The fraction of sp³-hybridized carbons (Fsp3) is 0.188. The third-order valence-electron chi connectivity index (χ3n) is 3.69. The molecule has 1 aromatic carbocycles. The molecule has 1 saturated carbocycles. The van der Waals surface area contributed by atoms with Crippen molar-refractivity contribution in [3.63, 3.8) is 0 Å². The average molecular weight is 315 g/mol. The van der Waals surface area contributed by atoms with Gasteiger partial charge in [-0.15, -0.1) is 12.4 Å². The Labute approximate surface area is 133 Å². The van der Waals surface area contributed by atoms with Gasteiger partial charge >= 0.3 is 0 Å². The highest BCUT2D eigenvalue weighted by Crippen LogP contribution is 2.32. The summed E-state index contributed by atoms with van der Waals surface area (Å²) in [4.78, 5) is 17.0. The molecule has 1 aliphatic rings. The summed E-state index contributed by atoms with van der Waals surface area (Å²) >= 11 is 0. The molecule has 2 N–H and O–H groups in total. The van der Waals surface area contributed by atoms with Gasteiger partial charge in [-0.2, -0.15) is 5.10 Å². The Morgan fingerprint density at radius 3 is 2.68 bits per heavy atom. The molecule has 5 nitrogen and oxygen atoms in total. The second-order valence-electron chi connectivity index (χ2n) is 5.29. The maximum Gasteiger partial charge on any atom is 0.196 e. The van der Waals surface area contributed by atoms with Crippen LogP contribution in [0.3, 0.4) is 0 Å². The minimum atomic E-state index is -0.0191. The molecule has 0 amide bonds. The van der Waals surface area contributed by atoms with Gasteiger partial charge in [-0.3, -0.25) is 9.89 Å². The summed E-state index contributed by atoms with van der Waals surface area (Å²) in [6, 6.07) is 9.73. The van der Waals surface area contributed by atoms with E-state index in [1.54, 1.807) is 12.4 Å². The second kappa shape index (κ2) is 5.77. The van der Waals surface area contributed by atoms with Crippen LogP contribution < -0.4 is 5.32 Å². The Morgan fingerprint density at radius 1 is 1.18 bits per heavy atom. The predicted molar refractivity (Wildman–Crippen MR) is 87.7 cm³/mol. The molecule has 0 radical (unpaired) electrons. The summed E-state index contributed by atoms with van der Waals surface area (Å²) < 4.78 is 0. The van der Waals surface area contributed by atoms with Crippen LogP contribution in [0, 0.1) is 0 Å². The van der Waals surface area contributed by atoms with Gasteiger partial charge in [-0.1, -0.05) is 30.3 Å². The van der Waals surface area contributed by atoms with E-state index in [4.69, 9.17) is 0 Å². The number of carbonyl (C=O) groups is 1. The fourth-order valence-electron chi connectivity index (χ4n) is 2.40. The van der Waals surface area contributed by atoms with E-state index in [-0.39, 0.29) is 18.2 Å². The molecule has 1 aliphatic carbocycles. The van der Waals surface area contributed by atoms with E-state index in [1.807, 2.05) is 30.3 Å². The van der Waals surface area contributed by atoms with E-state index in [2.05, 4.69) is 20.5 Å². The van der Waals surface area contributed by atoms with Crippen molar-refractivity contribution in [2.24, 2.45) is 0 Å². The standard InChI is InChI=1S/C16H14N4O.ClH/c21-15(10-4-2-1-3-5-10)12-8-17-16-13(9-18-20-16)14(12)19-11-6-7-11;/h1-5,8-9,11H,6-7H2,(H2,17,18,19,20);1H. The number of benzene rings is 1. The minimum absolute atomic E-state index is 0. The molecular formula is C16H15ClN4O. The minimum Gasteiger partial charge on any atom is -0.381 e. The topological polar surface area (TPSA) is 70.7 Å². The predicted octanol–water partition coefficient (Wildman–Crippen LogP) is 3.18. The maximum absolute atomic E-state index is 12.7. The van der Waals surface area contributed by atoms with Crippen molar-refractivity contribution in [3.05, 3.63) is 53.9 Å². The second-order valence-corrected chi connectivity index (χ2v) is 5.29. The lowest BCUT2D eigenvalue weighted by Gasteiger charge is -2.11. The Bertz CT molecular complexity index is 811. The van der Waals surface area contributed by atoms with Crippen molar-refractivity contribution in [3.8, 4) is 0 Å². The van der Waals surface area contributed by atoms with E-state index >= 15 is 0 Å². The van der Waals surface area contributed by atoms with Crippen LogP contribution in [0.5, 0.6) is 0 Å². The number of nitrogens with zero attached hydrogens (tertiary/aromatic N) is 2. The average Bonchev–Trinajstić information content (AvgIpc) is 3.21. The van der Waals surface area contributed by atoms with Crippen molar-refractivity contribution < 1.29 is 4.79 Å². The van der Waals surface area contributed by atoms with Crippen molar-refractivity contribution in [2.45, 2.75) is 18.9 Å². The van der Waals surface area contributed by atoms with E-state index in [1.165, 1.54) is 0 Å². The number of rotatable bonds is 4. The number of nitrogens with one attached hydrogen (secondary N) is 2. The molecule has 0 aliphatic heterocycles. The molecule has 22 heavy (non-hydrogen) atoms. The van der Waals surface area contributed by atoms with Gasteiger partial charge in [0.2, 0.25) is 0 Å². The molecule has 0 saturated heterocycles. The van der Waals surface area contributed by atoms with Crippen molar-refractivity contribution in [1.82, 2.24) is 15.2 Å². The number of aromatic nitrogens is 3. The first-order valence-corrected chi connectivity index (χ1v) is 7.01. The van der Waals surface area contributed by atoms with Crippen molar-refractivity contribution in [2.75, 3.05) is 5.32 Å². The number of carbonyl (C=O) groups excluding carboxylic acids is 1. The maximum atomic E-state index is 12.7. The number of hydrogen-bond donors (Lipinski definition) is 2. The molecule has 0 atom stereocenters. The number of hydrogen-bond acceptors (Lipinski definition) is 4. The quantitative estimate of drug-likeness (QED) is 0.726. The largest absolute Gasteiger partial charge is 0.381 e. The van der Waals surface area contributed by atoms with Crippen molar-refractivity contribution >= 4 is 34.9 Å². The Kier molecular flexibility index (Phi) is 3.81. The van der Waals surface area contributed by atoms with Crippen LogP contribution >= 0.6 is 12.4 Å². The highest BCUT2D eigenvalue weighted by Gasteiger charge is 2.25. The first kappa shape index (κ1) is 14.5. The van der Waals surface area contributed by atoms with Gasteiger partial charge in [-0.25, -0.2) is 4.98 Å². The fourth-order valence-corrected chi connectivity index (χ4v) is 2.40. The molecule has 2 heterocycles. The van der Waals surface area contributed by atoms with Crippen LogP contribution in [0.2, 0.25) is 0 Å². The van der Waals surface area contributed by atoms with E-state index in [0.29, 0.717) is 22.8 Å². The van der Waals surface area contributed by atoms with Gasteiger partial charge in [0, 0.05) is 17.8 Å². The van der Waals surface area contributed by atoms with Gasteiger partial charge in [0.05, 0.1) is 22.8 Å². The van der Waals surface area contributed by atoms with Gasteiger partial charge in [0.25, 0.3) is 0 Å². The highest BCUT2D eigenvalue weighted by atomic mass is 35.5. The third kappa shape index (κ3) is 2.55. The molecule has 2 aromatic heterocycles. The van der Waals surface area contributed by atoms with Gasteiger partial charge in [0.15, 0.2) is 11.4 Å². The number of aromatic amines is 1. The zero-order valence-corrected chi connectivity index (χ0v) is 12.6. The third-order valence-corrected chi connectivity index (χ3v) is 3.69. The van der Waals surface area contributed by atoms with Gasteiger partial charge in [-0.05, 0) is 12.8 Å². The lowest BCUT2D eigenvalue weighted by Crippen LogP contribution is -2.10. The molecule has 6 heteroatoms. The van der Waals surface area contributed by atoms with E-state index in [9.17, 15) is 4.79 Å². The molecule has 0 unspecified atom stereocenters. The lowest BCUT2D eigenvalue weighted by atomic mass is 10.0. The van der Waals surface area contributed by atoms with Crippen LogP contribution in [0.4, 0.5) is 5.69 Å². The molecule has 112 valence electrons. The van der Waals surface area contributed by atoms with Crippen LogP contribution in [-0.2, 0) is 0 Å². The first-order valence-electron chi connectivity index (χ1n) is 7.01. The van der Waals surface area contributed by atoms with Crippen LogP contribution in [0.25, 0.3) is 11.0 Å². The van der Waals surface area contributed by atoms with Crippen LogP contribution in [0.15, 0.2) is 42.7 Å². The van der Waals surface area contributed by atoms with Gasteiger partial charge in [0.1, 0.15) is 0 Å². The molecule has 1 fully saturated rings. The Balaban J connectivity index is 0.00000144. The SMILES string of the molecule is Cl.O=C(c1ccccc1)c1cnc2[nH]ncc2c1NC1CC1. The Morgan fingerprint density at radius 2 is 1.95 bits per heavy atom. The van der Waals surface area contributed by atoms with Crippen LogP contribution in [-0.4, -0.2) is 27.0 Å². The summed E-state index contributed by atoms with van der Waals surface area (Å²) in [6.45, 7) is 0. The molecule has 0 bridgehead atoms.